The van der Waals surface area contributed by atoms with E-state index in [0.717, 1.165) is 0 Å². The van der Waals surface area contributed by atoms with Gasteiger partial charge in [0.2, 0.25) is 0 Å². The van der Waals surface area contributed by atoms with Crippen LogP contribution in [0.15, 0.2) is 0 Å². The van der Waals surface area contributed by atoms with Crippen molar-refractivity contribution in [1.82, 2.24) is 0 Å². The van der Waals surface area contributed by atoms with Gasteiger partial charge in [-0.1, -0.05) is 12.8 Å². The summed E-state index contributed by atoms with van der Waals surface area (Å²) in [5.41, 5.74) is -2.80. The van der Waals surface area contributed by atoms with Gasteiger partial charge in [0.15, 0.2) is 11.0 Å². The molecule has 1 fully saturated rings. The number of terminal acetylenes is 1. The third-order valence-electron chi connectivity index (χ3n) is 3.90. The first-order valence-corrected chi connectivity index (χ1v) is 7.36. The van der Waals surface area contributed by atoms with Crippen molar-refractivity contribution in [1.29, 1.82) is 0 Å². The Balaban J connectivity index is 3.18. The molecule has 0 amide bonds. The van der Waals surface area contributed by atoms with Gasteiger partial charge in [-0.15, -0.1) is 6.42 Å². The van der Waals surface area contributed by atoms with Crippen molar-refractivity contribution >= 4 is 17.9 Å². The fourth-order valence-corrected chi connectivity index (χ4v) is 2.76. The number of esters is 3. The fraction of sp³-hybridized carbons (Fsp3) is 0.688. The fourth-order valence-electron chi connectivity index (χ4n) is 2.76. The predicted octanol–water partition coefficient (Wildman–Crippen LogP) is 1.46. The van der Waals surface area contributed by atoms with E-state index in [2.05, 4.69) is 5.92 Å². The summed E-state index contributed by atoms with van der Waals surface area (Å²) in [6.07, 6.45) is 5.98. The van der Waals surface area contributed by atoms with E-state index in [1.54, 1.807) is 20.8 Å². The standard InChI is InChI=1S/C16H22O6/c1-6-15(7-2,22-11(5)17)12-10-16(12,13(18)20-8-3)14(19)21-9-4/h1,12H,7-10H2,2-5H3. The Hall–Kier alpha value is -2.03. The van der Waals surface area contributed by atoms with Gasteiger partial charge in [0.1, 0.15) is 0 Å². The van der Waals surface area contributed by atoms with Gasteiger partial charge in [0.25, 0.3) is 0 Å². The zero-order chi connectivity index (χ0) is 17.0. The normalized spacial score (nSPS) is 21.0. The lowest BCUT2D eigenvalue weighted by Crippen LogP contribution is -2.42. The Labute approximate surface area is 130 Å². The maximum atomic E-state index is 12.3. The van der Waals surface area contributed by atoms with Crippen LogP contribution >= 0.6 is 0 Å². The summed E-state index contributed by atoms with van der Waals surface area (Å²) >= 11 is 0. The quantitative estimate of drug-likeness (QED) is 0.307. The van der Waals surface area contributed by atoms with Crippen LogP contribution in [0.25, 0.3) is 0 Å². The van der Waals surface area contributed by atoms with Crippen molar-refractivity contribution in [2.24, 2.45) is 11.3 Å². The number of hydrogen-bond donors (Lipinski definition) is 0. The molecule has 0 aromatic heterocycles. The molecule has 0 heterocycles. The lowest BCUT2D eigenvalue weighted by molar-refractivity contribution is -0.170. The number of rotatable bonds is 7. The van der Waals surface area contributed by atoms with Crippen molar-refractivity contribution in [2.45, 2.75) is 46.1 Å². The van der Waals surface area contributed by atoms with Gasteiger partial charge in [-0.05, 0) is 26.7 Å². The summed E-state index contributed by atoms with van der Waals surface area (Å²) < 4.78 is 15.3. The second kappa shape index (κ2) is 6.82. The molecule has 1 aliphatic carbocycles. The van der Waals surface area contributed by atoms with Crippen LogP contribution in [0.4, 0.5) is 0 Å². The third-order valence-corrected chi connectivity index (χ3v) is 3.90. The third kappa shape index (κ3) is 2.94. The summed E-state index contributed by atoms with van der Waals surface area (Å²) in [5.74, 6) is -0.118. The molecule has 0 N–H and O–H groups in total. The molecule has 0 aromatic rings. The second-order valence-corrected chi connectivity index (χ2v) is 5.15. The topological polar surface area (TPSA) is 78.9 Å². The molecule has 2 unspecified atom stereocenters. The van der Waals surface area contributed by atoms with Crippen LogP contribution in [-0.4, -0.2) is 36.7 Å². The second-order valence-electron chi connectivity index (χ2n) is 5.15. The van der Waals surface area contributed by atoms with Crippen LogP contribution in [0, 0.1) is 23.7 Å². The molecule has 0 radical (unpaired) electrons. The van der Waals surface area contributed by atoms with Crippen LogP contribution in [0.3, 0.4) is 0 Å². The number of carbonyl (C=O) groups excluding carboxylic acids is 3. The van der Waals surface area contributed by atoms with E-state index >= 15 is 0 Å². The lowest BCUT2D eigenvalue weighted by atomic mass is 9.88. The van der Waals surface area contributed by atoms with E-state index in [1.165, 1.54) is 6.92 Å². The molecular formula is C16H22O6. The smallest absolute Gasteiger partial charge is 0.323 e. The Morgan fingerprint density at radius 3 is 2.00 bits per heavy atom. The molecule has 0 saturated heterocycles. The molecule has 0 spiro atoms. The zero-order valence-electron chi connectivity index (χ0n) is 13.4. The maximum absolute atomic E-state index is 12.3. The average Bonchev–Trinajstić information content (AvgIpc) is 3.22. The Kier molecular flexibility index (Phi) is 5.59. The number of hydrogen-bond acceptors (Lipinski definition) is 6. The van der Waals surface area contributed by atoms with E-state index in [-0.39, 0.29) is 26.1 Å². The summed E-state index contributed by atoms with van der Waals surface area (Å²) in [7, 11) is 0. The minimum atomic E-state index is -1.48. The van der Waals surface area contributed by atoms with Gasteiger partial charge in [-0.2, -0.15) is 0 Å². The van der Waals surface area contributed by atoms with Gasteiger partial charge in [0.05, 0.1) is 13.2 Å². The van der Waals surface area contributed by atoms with Crippen molar-refractivity contribution < 1.29 is 28.6 Å². The van der Waals surface area contributed by atoms with Crippen LogP contribution in [0.1, 0.15) is 40.5 Å². The van der Waals surface area contributed by atoms with E-state index in [4.69, 9.17) is 20.6 Å². The first kappa shape index (κ1) is 18.0. The highest BCUT2D eigenvalue weighted by Crippen LogP contribution is 2.61. The molecule has 1 saturated carbocycles. The summed E-state index contributed by atoms with van der Waals surface area (Å²) in [5, 5.41) is 0. The van der Waals surface area contributed by atoms with Crippen molar-refractivity contribution in [3.63, 3.8) is 0 Å². The molecule has 1 rings (SSSR count). The van der Waals surface area contributed by atoms with Crippen LogP contribution in [0.2, 0.25) is 0 Å². The highest BCUT2D eigenvalue weighted by Gasteiger charge is 2.75. The molecule has 122 valence electrons. The van der Waals surface area contributed by atoms with Gasteiger partial charge < -0.3 is 14.2 Å². The van der Waals surface area contributed by atoms with Crippen LogP contribution < -0.4 is 0 Å². The molecule has 0 aliphatic heterocycles. The molecule has 0 bridgehead atoms. The molecule has 1 aliphatic rings. The predicted molar refractivity (Wildman–Crippen MR) is 77.4 cm³/mol. The van der Waals surface area contributed by atoms with Crippen LogP contribution in [0.5, 0.6) is 0 Å². The lowest BCUT2D eigenvalue weighted by Gasteiger charge is -2.29. The van der Waals surface area contributed by atoms with Gasteiger partial charge >= 0.3 is 17.9 Å². The van der Waals surface area contributed by atoms with E-state index in [1.807, 2.05) is 0 Å². The minimum absolute atomic E-state index is 0.134. The van der Waals surface area contributed by atoms with Gasteiger partial charge in [-0.25, -0.2) is 0 Å². The monoisotopic (exact) mass is 310 g/mol. The summed E-state index contributed by atoms with van der Waals surface area (Å²) in [4.78, 5) is 35.9. The van der Waals surface area contributed by atoms with E-state index < -0.39 is 34.8 Å². The maximum Gasteiger partial charge on any atom is 0.323 e. The highest BCUT2D eigenvalue weighted by molar-refractivity contribution is 6.04. The van der Waals surface area contributed by atoms with Gasteiger partial charge in [0, 0.05) is 12.8 Å². The van der Waals surface area contributed by atoms with E-state index in [0.29, 0.717) is 0 Å². The van der Waals surface area contributed by atoms with Crippen molar-refractivity contribution in [2.75, 3.05) is 13.2 Å². The Morgan fingerprint density at radius 2 is 1.68 bits per heavy atom. The zero-order valence-corrected chi connectivity index (χ0v) is 13.4. The largest absolute Gasteiger partial charge is 0.465 e. The molecule has 2 atom stereocenters. The number of carbonyl (C=O) groups is 3. The minimum Gasteiger partial charge on any atom is -0.465 e. The Morgan fingerprint density at radius 1 is 1.18 bits per heavy atom. The molecule has 6 heteroatoms. The SMILES string of the molecule is C#CC(CC)(OC(C)=O)C1CC1(C(=O)OCC)C(=O)OCC. The molecule has 6 nitrogen and oxygen atoms in total. The molecule has 0 aromatic carbocycles. The highest BCUT2D eigenvalue weighted by atomic mass is 16.6. The van der Waals surface area contributed by atoms with Gasteiger partial charge in [-0.3, -0.25) is 14.4 Å². The first-order valence-electron chi connectivity index (χ1n) is 7.36. The van der Waals surface area contributed by atoms with Crippen LogP contribution in [-0.2, 0) is 28.6 Å². The number of ether oxygens (including phenoxy) is 3. The van der Waals surface area contributed by atoms with E-state index in [9.17, 15) is 14.4 Å². The van der Waals surface area contributed by atoms with Crippen molar-refractivity contribution in [3.05, 3.63) is 0 Å². The average molecular weight is 310 g/mol. The molecule has 22 heavy (non-hydrogen) atoms. The Bertz CT molecular complexity index is 485. The summed E-state index contributed by atoms with van der Waals surface area (Å²) in [6, 6.07) is 0. The molecular weight excluding hydrogens is 288 g/mol. The van der Waals surface area contributed by atoms with Crippen molar-refractivity contribution in [3.8, 4) is 12.3 Å². The summed E-state index contributed by atoms with van der Waals surface area (Å²) in [6.45, 7) is 6.54. The first-order chi connectivity index (χ1) is 10.3.